The smallest absolute Gasteiger partial charge is 0.303 e. The lowest BCUT2D eigenvalue weighted by Crippen LogP contribution is -2.11. The minimum Gasteiger partial charge on any atom is -0.494 e. The number of aromatic nitrogens is 1. The molecule has 2 aromatic carbocycles. The SMILES string of the molecule is CCOc1ccc2c(c1)c(CCC(=O)O)cn2S(=O)(=O)c1ccc(Br)cc1. The molecule has 0 radical (unpaired) electrons. The van der Waals surface area contributed by atoms with E-state index in [1.807, 2.05) is 6.92 Å². The number of aryl methyl sites for hydroxylation is 1. The number of carbonyl (C=O) groups is 1. The standard InChI is InChI=1S/C19H18BrNO5S/c1-2-26-15-6-9-18-17(11-15)13(3-10-19(22)23)12-21(18)27(24,25)16-7-4-14(20)5-8-16/h4-9,11-12H,2-3,10H2,1H3,(H,22,23). The van der Waals surface area contributed by atoms with Crippen LogP contribution in [0.15, 0.2) is 58.0 Å². The average molecular weight is 452 g/mol. The molecule has 6 nitrogen and oxygen atoms in total. The molecule has 0 spiro atoms. The highest BCUT2D eigenvalue weighted by Gasteiger charge is 2.22. The first kappa shape index (κ1) is 19.4. The number of rotatable bonds is 7. The monoisotopic (exact) mass is 451 g/mol. The summed E-state index contributed by atoms with van der Waals surface area (Å²) in [5, 5.41) is 9.67. The third kappa shape index (κ3) is 4.01. The van der Waals surface area contributed by atoms with Gasteiger partial charge in [0, 0.05) is 22.5 Å². The van der Waals surface area contributed by atoms with Crippen LogP contribution in [-0.4, -0.2) is 30.1 Å². The zero-order valence-electron chi connectivity index (χ0n) is 14.6. The van der Waals surface area contributed by atoms with E-state index in [-0.39, 0.29) is 17.7 Å². The summed E-state index contributed by atoms with van der Waals surface area (Å²) in [6.07, 6.45) is 1.64. The number of halogens is 1. The van der Waals surface area contributed by atoms with E-state index in [2.05, 4.69) is 15.9 Å². The minimum atomic E-state index is -3.82. The molecule has 0 aliphatic rings. The van der Waals surface area contributed by atoms with Gasteiger partial charge in [-0.15, -0.1) is 0 Å². The van der Waals surface area contributed by atoms with Crippen molar-refractivity contribution in [2.45, 2.75) is 24.7 Å². The third-order valence-electron chi connectivity index (χ3n) is 4.11. The predicted octanol–water partition coefficient (Wildman–Crippen LogP) is 4.06. The molecular formula is C19H18BrNO5S. The zero-order chi connectivity index (χ0) is 19.6. The maximum absolute atomic E-state index is 13.1. The minimum absolute atomic E-state index is 0.0870. The van der Waals surface area contributed by atoms with E-state index in [0.717, 1.165) is 4.47 Å². The van der Waals surface area contributed by atoms with Gasteiger partial charge in [0.2, 0.25) is 0 Å². The summed E-state index contributed by atoms with van der Waals surface area (Å²) in [6, 6.07) is 11.5. The van der Waals surface area contributed by atoms with Crippen LogP contribution in [0.4, 0.5) is 0 Å². The molecule has 0 unspecified atom stereocenters. The Morgan fingerprint density at radius 2 is 1.89 bits per heavy atom. The van der Waals surface area contributed by atoms with Crippen molar-refractivity contribution in [3.8, 4) is 5.75 Å². The van der Waals surface area contributed by atoms with Crippen molar-refractivity contribution in [1.82, 2.24) is 3.97 Å². The Morgan fingerprint density at radius 1 is 1.19 bits per heavy atom. The maximum atomic E-state index is 13.1. The van der Waals surface area contributed by atoms with Crippen molar-refractivity contribution in [3.63, 3.8) is 0 Å². The van der Waals surface area contributed by atoms with Gasteiger partial charge in [-0.25, -0.2) is 12.4 Å². The Hall–Kier alpha value is -2.32. The van der Waals surface area contributed by atoms with E-state index < -0.39 is 16.0 Å². The summed E-state index contributed by atoms with van der Waals surface area (Å²) >= 11 is 3.30. The van der Waals surface area contributed by atoms with Gasteiger partial charge in [-0.2, -0.15) is 0 Å². The van der Waals surface area contributed by atoms with Crippen molar-refractivity contribution in [3.05, 3.63) is 58.7 Å². The zero-order valence-corrected chi connectivity index (χ0v) is 17.0. The largest absolute Gasteiger partial charge is 0.494 e. The number of ether oxygens (including phenoxy) is 1. The normalized spacial score (nSPS) is 11.6. The molecule has 0 saturated heterocycles. The van der Waals surface area contributed by atoms with Crippen LogP contribution in [0.1, 0.15) is 18.9 Å². The fraction of sp³-hybridized carbons (Fsp3) is 0.211. The van der Waals surface area contributed by atoms with Crippen molar-refractivity contribution in [2.75, 3.05) is 6.61 Å². The van der Waals surface area contributed by atoms with Gasteiger partial charge >= 0.3 is 5.97 Å². The molecule has 8 heteroatoms. The van der Waals surface area contributed by atoms with E-state index in [4.69, 9.17) is 9.84 Å². The summed E-state index contributed by atoms with van der Waals surface area (Å²) in [6.45, 7) is 2.34. The van der Waals surface area contributed by atoms with E-state index >= 15 is 0 Å². The highest BCUT2D eigenvalue weighted by atomic mass is 79.9. The number of hydrogen-bond acceptors (Lipinski definition) is 4. The summed E-state index contributed by atoms with van der Waals surface area (Å²) in [4.78, 5) is 11.1. The first-order chi connectivity index (χ1) is 12.8. The fourth-order valence-corrected chi connectivity index (χ4v) is 4.52. The first-order valence-electron chi connectivity index (χ1n) is 8.32. The number of nitrogens with zero attached hydrogens (tertiary/aromatic N) is 1. The molecule has 142 valence electrons. The molecule has 0 bridgehead atoms. The summed E-state index contributed by atoms with van der Waals surface area (Å²) < 4.78 is 33.7. The molecule has 0 aliphatic heterocycles. The van der Waals surface area contributed by atoms with Crippen LogP contribution in [0, 0.1) is 0 Å². The Bertz CT molecular complexity index is 1090. The molecular weight excluding hydrogens is 434 g/mol. The average Bonchev–Trinajstić information content (AvgIpc) is 2.99. The van der Waals surface area contributed by atoms with Crippen LogP contribution in [0.25, 0.3) is 10.9 Å². The van der Waals surface area contributed by atoms with Gasteiger partial charge < -0.3 is 9.84 Å². The van der Waals surface area contributed by atoms with Gasteiger partial charge in [0.25, 0.3) is 10.0 Å². The second kappa shape index (κ2) is 7.74. The quantitative estimate of drug-likeness (QED) is 0.585. The van der Waals surface area contributed by atoms with Crippen LogP contribution < -0.4 is 4.74 Å². The van der Waals surface area contributed by atoms with Crippen molar-refractivity contribution < 1.29 is 23.1 Å². The van der Waals surface area contributed by atoms with Crippen molar-refractivity contribution in [1.29, 1.82) is 0 Å². The number of fused-ring (bicyclic) bond motifs is 1. The van der Waals surface area contributed by atoms with Gasteiger partial charge in [-0.05, 0) is 61.4 Å². The molecule has 0 aliphatic carbocycles. The number of hydrogen-bond donors (Lipinski definition) is 1. The van der Waals surface area contributed by atoms with Gasteiger partial charge in [-0.1, -0.05) is 15.9 Å². The highest BCUT2D eigenvalue weighted by molar-refractivity contribution is 9.10. The molecule has 0 amide bonds. The number of carboxylic acid groups (broad SMARTS) is 1. The Balaban J connectivity index is 2.17. The fourth-order valence-electron chi connectivity index (χ4n) is 2.86. The molecule has 1 N–H and O–H groups in total. The third-order valence-corrected chi connectivity index (χ3v) is 6.33. The van der Waals surface area contributed by atoms with Crippen LogP contribution in [0.2, 0.25) is 0 Å². The molecule has 3 aromatic rings. The molecule has 1 heterocycles. The Labute approximate surface area is 165 Å². The first-order valence-corrected chi connectivity index (χ1v) is 10.6. The van der Waals surface area contributed by atoms with E-state index in [0.29, 0.717) is 28.8 Å². The Kier molecular flexibility index (Phi) is 5.57. The van der Waals surface area contributed by atoms with Crippen molar-refractivity contribution >= 4 is 42.8 Å². The highest BCUT2D eigenvalue weighted by Crippen LogP contribution is 2.30. The van der Waals surface area contributed by atoms with Crippen LogP contribution in [-0.2, 0) is 21.2 Å². The second-order valence-corrected chi connectivity index (χ2v) is 8.65. The van der Waals surface area contributed by atoms with Crippen LogP contribution in [0.3, 0.4) is 0 Å². The van der Waals surface area contributed by atoms with E-state index in [9.17, 15) is 13.2 Å². The number of carboxylic acids is 1. The molecule has 1 aromatic heterocycles. The summed E-state index contributed by atoms with van der Waals surface area (Å²) in [5.41, 5.74) is 1.14. The second-order valence-electron chi connectivity index (χ2n) is 5.91. The maximum Gasteiger partial charge on any atom is 0.303 e. The van der Waals surface area contributed by atoms with Gasteiger partial charge in [0.15, 0.2) is 0 Å². The lowest BCUT2D eigenvalue weighted by molar-refractivity contribution is -0.136. The molecule has 27 heavy (non-hydrogen) atoms. The predicted molar refractivity (Wildman–Crippen MR) is 106 cm³/mol. The molecule has 0 fully saturated rings. The molecule has 3 rings (SSSR count). The molecule has 0 saturated carbocycles. The van der Waals surface area contributed by atoms with Crippen molar-refractivity contribution in [2.24, 2.45) is 0 Å². The Morgan fingerprint density at radius 3 is 2.52 bits per heavy atom. The lowest BCUT2D eigenvalue weighted by Gasteiger charge is -2.08. The van der Waals surface area contributed by atoms with Crippen LogP contribution in [0.5, 0.6) is 5.75 Å². The number of benzene rings is 2. The molecule has 0 atom stereocenters. The van der Waals surface area contributed by atoms with Gasteiger partial charge in [0.05, 0.1) is 17.0 Å². The summed E-state index contributed by atoms with van der Waals surface area (Å²) in [7, 11) is -3.82. The van der Waals surface area contributed by atoms with Crippen LogP contribution >= 0.6 is 15.9 Å². The van der Waals surface area contributed by atoms with Gasteiger partial charge in [-0.3, -0.25) is 4.79 Å². The van der Waals surface area contributed by atoms with E-state index in [1.165, 1.54) is 22.3 Å². The van der Waals surface area contributed by atoms with E-state index in [1.54, 1.807) is 30.3 Å². The lowest BCUT2D eigenvalue weighted by atomic mass is 10.1. The topological polar surface area (TPSA) is 85.6 Å². The number of aliphatic carboxylic acids is 1. The van der Waals surface area contributed by atoms with Gasteiger partial charge in [0.1, 0.15) is 5.75 Å². The summed E-state index contributed by atoms with van der Waals surface area (Å²) in [5.74, 6) is -0.326.